The number of benzene rings is 1. The number of nitrogens with one attached hydrogen (secondary N) is 2. The number of fused-ring (bicyclic) bond motifs is 3. The van der Waals surface area contributed by atoms with Gasteiger partial charge in [-0.2, -0.15) is 0 Å². The molecule has 7 nitrogen and oxygen atoms in total. The largest absolute Gasteiger partial charge is 0.355 e. The van der Waals surface area contributed by atoms with Gasteiger partial charge in [-0.25, -0.2) is 4.99 Å². The molecule has 1 amide bonds. The molecule has 0 aromatic heterocycles. The number of amides is 1. The van der Waals surface area contributed by atoms with Gasteiger partial charge in [0.05, 0.1) is 6.04 Å². The van der Waals surface area contributed by atoms with Crippen LogP contribution in [0.3, 0.4) is 0 Å². The molecule has 1 aromatic carbocycles. The van der Waals surface area contributed by atoms with E-state index < -0.39 is 0 Å². The minimum Gasteiger partial charge on any atom is -0.355 e. The number of nitrogens with zero attached hydrogens (tertiary/aromatic N) is 4. The molecule has 0 radical (unpaired) electrons. The van der Waals surface area contributed by atoms with Crippen LogP contribution in [-0.4, -0.2) is 92.5 Å². The Bertz CT molecular complexity index is 639. The number of hydrogen-bond acceptors (Lipinski definition) is 4. The summed E-state index contributed by atoms with van der Waals surface area (Å²) in [5, 5.41) is 6.92. The topological polar surface area (TPSA) is 63.2 Å². The number of carbonyl (C=O) groups excluding carboxylic acids is 1. The third-order valence-electron chi connectivity index (χ3n) is 5.42. The van der Waals surface area contributed by atoms with Crippen molar-refractivity contribution in [3.05, 3.63) is 35.9 Å². The van der Waals surface area contributed by atoms with E-state index in [-0.39, 0.29) is 18.5 Å². The molecule has 0 spiro atoms. The molecule has 3 saturated heterocycles. The highest BCUT2D eigenvalue weighted by atomic mass is 16.2. The first kappa shape index (κ1) is 19.6. The van der Waals surface area contributed by atoms with E-state index in [0.29, 0.717) is 12.0 Å². The molecule has 7 heteroatoms. The minimum absolute atomic E-state index is 0.00458. The lowest BCUT2D eigenvalue weighted by atomic mass is 10.1. The number of guanidine groups is 1. The zero-order valence-corrected chi connectivity index (χ0v) is 16.7. The van der Waals surface area contributed by atoms with Crippen molar-refractivity contribution >= 4 is 11.9 Å². The normalized spacial score (nSPS) is 25.7. The van der Waals surface area contributed by atoms with Crippen LogP contribution in [0.2, 0.25) is 0 Å². The number of piperazine rings is 3. The maximum Gasteiger partial charge on any atom is 0.243 e. The van der Waals surface area contributed by atoms with Crippen LogP contribution >= 0.6 is 0 Å². The van der Waals surface area contributed by atoms with Crippen molar-refractivity contribution in [1.29, 1.82) is 0 Å². The van der Waals surface area contributed by atoms with Crippen LogP contribution in [0.25, 0.3) is 0 Å². The second-order valence-corrected chi connectivity index (χ2v) is 7.60. The quantitative estimate of drug-likeness (QED) is 0.558. The fraction of sp³-hybridized carbons (Fsp3) is 0.600. The molecular formula is C20H32N6O. The Labute approximate surface area is 162 Å². The second-order valence-electron chi connectivity index (χ2n) is 7.60. The predicted molar refractivity (Wildman–Crippen MR) is 109 cm³/mol. The minimum atomic E-state index is -0.00458. The van der Waals surface area contributed by atoms with Crippen LogP contribution < -0.4 is 10.6 Å². The van der Waals surface area contributed by atoms with Gasteiger partial charge in [-0.05, 0) is 12.5 Å². The molecule has 0 saturated carbocycles. The molecule has 2 N–H and O–H groups in total. The van der Waals surface area contributed by atoms with Gasteiger partial charge in [0.25, 0.3) is 0 Å². The van der Waals surface area contributed by atoms with E-state index in [2.05, 4.69) is 44.5 Å². The van der Waals surface area contributed by atoms with E-state index >= 15 is 0 Å². The van der Waals surface area contributed by atoms with Gasteiger partial charge in [-0.3, -0.25) is 14.6 Å². The van der Waals surface area contributed by atoms with Gasteiger partial charge >= 0.3 is 0 Å². The fourth-order valence-corrected chi connectivity index (χ4v) is 3.60. The van der Waals surface area contributed by atoms with Crippen molar-refractivity contribution < 1.29 is 4.79 Å². The van der Waals surface area contributed by atoms with Crippen LogP contribution in [0.5, 0.6) is 0 Å². The summed E-state index contributed by atoms with van der Waals surface area (Å²) < 4.78 is 0. The van der Waals surface area contributed by atoms with Gasteiger partial charge in [0.15, 0.2) is 5.96 Å². The fourth-order valence-electron chi connectivity index (χ4n) is 3.60. The summed E-state index contributed by atoms with van der Waals surface area (Å²) in [5.74, 6) is 0.689. The second kappa shape index (κ2) is 9.19. The van der Waals surface area contributed by atoms with Crippen LogP contribution in [0.1, 0.15) is 18.5 Å². The third kappa shape index (κ3) is 5.43. The van der Waals surface area contributed by atoms with Gasteiger partial charge in [0.2, 0.25) is 5.91 Å². The Morgan fingerprint density at radius 1 is 1.22 bits per heavy atom. The lowest BCUT2D eigenvalue weighted by molar-refractivity contribution is -0.127. The highest BCUT2D eigenvalue weighted by Crippen LogP contribution is 2.15. The Morgan fingerprint density at radius 2 is 1.93 bits per heavy atom. The van der Waals surface area contributed by atoms with Crippen molar-refractivity contribution in [2.75, 3.05) is 59.9 Å². The van der Waals surface area contributed by atoms with E-state index in [0.717, 1.165) is 26.2 Å². The molecule has 3 fully saturated rings. The summed E-state index contributed by atoms with van der Waals surface area (Å²) in [6.45, 7) is 8.83. The monoisotopic (exact) mass is 372 g/mol. The van der Waals surface area contributed by atoms with Crippen LogP contribution in [0.15, 0.2) is 35.3 Å². The summed E-state index contributed by atoms with van der Waals surface area (Å²) in [4.78, 5) is 23.1. The predicted octanol–water partition coefficient (Wildman–Crippen LogP) is 0.371. The van der Waals surface area contributed by atoms with E-state index in [4.69, 9.17) is 0 Å². The molecule has 1 aromatic rings. The highest BCUT2D eigenvalue weighted by molar-refractivity contribution is 5.85. The molecule has 0 aliphatic carbocycles. The lowest BCUT2D eigenvalue weighted by Gasteiger charge is -2.47. The average Bonchev–Trinajstić information content (AvgIpc) is 2.71. The van der Waals surface area contributed by atoms with E-state index in [1.165, 1.54) is 18.7 Å². The smallest absolute Gasteiger partial charge is 0.243 e. The number of carbonyl (C=O) groups is 1. The zero-order chi connectivity index (χ0) is 19.2. The Hall–Kier alpha value is -2.12. The number of rotatable bonds is 6. The first-order chi connectivity index (χ1) is 13.0. The van der Waals surface area contributed by atoms with Crippen LogP contribution in [-0.2, 0) is 4.79 Å². The molecule has 27 heavy (non-hydrogen) atoms. The van der Waals surface area contributed by atoms with Crippen molar-refractivity contribution in [2.24, 2.45) is 4.99 Å². The van der Waals surface area contributed by atoms with Crippen molar-refractivity contribution in [3.8, 4) is 0 Å². The summed E-state index contributed by atoms with van der Waals surface area (Å²) in [6.07, 6.45) is 0. The standard InChI is InChI=1S/C20H32N6O/c1-16(17-7-5-4-6-8-17)23-20(22-14-19(27)24(2)3)21-13-18-15-25-9-11-26(18)12-10-25/h4-8,16,18H,9-15H2,1-3H3,(H2,21,22,23). The van der Waals surface area contributed by atoms with Gasteiger partial charge in [-0.1, -0.05) is 30.3 Å². The Balaban J connectivity index is 1.62. The van der Waals surface area contributed by atoms with E-state index in [1.807, 2.05) is 18.2 Å². The van der Waals surface area contributed by atoms with Crippen molar-refractivity contribution in [2.45, 2.75) is 19.0 Å². The van der Waals surface area contributed by atoms with E-state index in [9.17, 15) is 4.79 Å². The maximum atomic E-state index is 12.0. The van der Waals surface area contributed by atoms with Crippen molar-refractivity contribution in [3.63, 3.8) is 0 Å². The van der Waals surface area contributed by atoms with Crippen LogP contribution in [0.4, 0.5) is 0 Å². The molecule has 3 aliphatic rings. The molecule has 3 heterocycles. The molecule has 3 aliphatic heterocycles. The SMILES string of the molecule is CC(NC(=NCC(=O)N(C)C)NCC1CN2CCN1CC2)c1ccccc1. The number of likely N-dealkylation sites (N-methyl/N-ethyl adjacent to an activating group) is 1. The summed E-state index contributed by atoms with van der Waals surface area (Å²) >= 11 is 0. The maximum absolute atomic E-state index is 12.0. The summed E-state index contributed by atoms with van der Waals surface area (Å²) in [7, 11) is 3.51. The van der Waals surface area contributed by atoms with Gasteiger partial charge in [-0.15, -0.1) is 0 Å². The summed E-state index contributed by atoms with van der Waals surface area (Å²) in [6, 6.07) is 10.9. The molecule has 2 unspecified atom stereocenters. The van der Waals surface area contributed by atoms with E-state index in [1.54, 1.807) is 19.0 Å². The summed E-state index contributed by atoms with van der Waals surface area (Å²) in [5.41, 5.74) is 1.19. The van der Waals surface area contributed by atoms with Crippen molar-refractivity contribution in [1.82, 2.24) is 25.3 Å². The third-order valence-corrected chi connectivity index (χ3v) is 5.42. The highest BCUT2D eigenvalue weighted by Gasteiger charge is 2.31. The van der Waals surface area contributed by atoms with Gasteiger partial charge < -0.3 is 15.5 Å². The first-order valence-corrected chi connectivity index (χ1v) is 9.79. The van der Waals surface area contributed by atoms with Gasteiger partial charge in [0.1, 0.15) is 6.54 Å². The first-order valence-electron chi connectivity index (χ1n) is 9.79. The number of aliphatic imine (C=N–C) groups is 1. The molecule has 4 rings (SSSR count). The average molecular weight is 373 g/mol. The zero-order valence-electron chi connectivity index (χ0n) is 16.7. The molecular weight excluding hydrogens is 340 g/mol. The Kier molecular flexibility index (Phi) is 6.68. The van der Waals surface area contributed by atoms with Gasteiger partial charge in [0, 0.05) is 59.4 Å². The molecule has 2 bridgehead atoms. The molecule has 2 atom stereocenters. The lowest BCUT2D eigenvalue weighted by Crippen LogP contribution is -2.63. The molecule has 148 valence electrons. The number of hydrogen-bond donors (Lipinski definition) is 2. The Morgan fingerprint density at radius 3 is 2.52 bits per heavy atom. The van der Waals surface area contributed by atoms with Crippen LogP contribution in [0, 0.1) is 0 Å².